The van der Waals surface area contributed by atoms with Gasteiger partial charge in [-0.2, -0.15) is 0 Å². The van der Waals surface area contributed by atoms with Crippen molar-refractivity contribution in [1.29, 1.82) is 0 Å². The molecule has 0 radical (unpaired) electrons. The first-order chi connectivity index (χ1) is 8.56. The van der Waals surface area contributed by atoms with Crippen molar-refractivity contribution in [2.45, 2.75) is 30.4 Å². The fourth-order valence-electron chi connectivity index (χ4n) is 1.28. The molecule has 2 rings (SSSR count). The summed E-state index contributed by atoms with van der Waals surface area (Å²) in [6.45, 7) is 3.65. The van der Waals surface area contributed by atoms with Gasteiger partial charge in [0.2, 0.25) is 0 Å². The molecule has 1 N–H and O–H groups in total. The third kappa shape index (κ3) is 3.08. The lowest BCUT2D eigenvalue weighted by Gasteiger charge is -1.92. The SMILES string of the molecule is Cc1nonc1CSc1nc(C)c(CC(=O)O)s1. The normalized spacial score (nSPS) is 10.8. The number of hydrogen-bond acceptors (Lipinski definition) is 7. The van der Waals surface area contributed by atoms with E-state index in [1.807, 2.05) is 13.8 Å². The summed E-state index contributed by atoms with van der Waals surface area (Å²) in [7, 11) is 0. The average molecular weight is 285 g/mol. The predicted molar refractivity (Wildman–Crippen MR) is 66.8 cm³/mol. The highest BCUT2D eigenvalue weighted by Crippen LogP contribution is 2.29. The van der Waals surface area contributed by atoms with E-state index in [9.17, 15) is 4.79 Å². The monoisotopic (exact) mass is 285 g/mol. The number of carboxylic acid groups (broad SMARTS) is 1. The Labute approximate surface area is 111 Å². The van der Waals surface area contributed by atoms with E-state index in [4.69, 9.17) is 5.11 Å². The quantitative estimate of drug-likeness (QED) is 0.841. The Bertz CT molecular complexity index is 564. The van der Waals surface area contributed by atoms with Gasteiger partial charge in [0, 0.05) is 10.6 Å². The van der Waals surface area contributed by atoms with Crippen LogP contribution < -0.4 is 0 Å². The number of thiazole rings is 1. The smallest absolute Gasteiger partial charge is 0.308 e. The molecule has 2 aromatic heterocycles. The van der Waals surface area contributed by atoms with Gasteiger partial charge < -0.3 is 5.11 Å². The van der Waals surface area contributed by atoms with E-state index >= 15 is 0 Å². The van der Waals surface area contributed by atoms with Gasteiger partial charge in [0.1, 0.15) is 11.4 Å². The average Bonchev–Trinajstić information content (AvgIpc) is 2.83. The van der Waals surface area contributed by atoms with E-state index in [1.165, 1.54) is 23.1 Å². The Kier molecular flexibility index (Phi) is 3.97. The number of hydrogen-bond donors (Lipinski definition) is 1. The molecule has 6 nitrogen and oxygen atoms in total. The lowest BCUT2D eigenvalue weighted by molar-refractivity contribution is -0.136. The molecule has 2 heterocycles. The molecular weight excluding hydrogens is 274 g/mol. The molecule has 0 aliphatic heterocycles. The van der Waals surface area contributed by atoms with Crippen LogP contribution in [-0.4, -0.2) is 26.4 Å². The van der Waals surface area contributed by atoms with Gasteiger partial charge in [-0.3, -0.25) is 4.79 Å². The van der Waals surface area contributed by atoms with Crippen molar-refractivity contribution in [3.63, 3.8) is 0 Å². The van der Waals surface area contributed by atoms with E-state index in [0.29, 0.717) is 5.75 Å². The second-order valence-electron chi connectivity index (χ2n) is 3.64. The number of thioether (sulfide) groups is 1. The summed E-state index contributed by atoms with van der Waals surface area (Å²) in [5.41, 5.74) is 2.33. The molecule has 96 valence electrons. The fourth-order valence-corrected chi connectivity index (χ4v) is 3.49. The van der Waals surface area contributed by atoms with Crippen LogP contribution in [0.15, 0.2) is 8.97 Å². The largest absolute Gasteiger partial charge is 0.481 e. The van der Waals surface area contributed by atoms with Crippen LogP contribution in [0, 0.1) is 13.8 Å². The molecule has 0 unspecified atom stereocenters. The van der Waals surface area contributed by atoms with Crippen molar-refractivity contribution >= 4 is 29.1 Å². The topological polar surface area (TPSA) is 89.1 Å². The molecule has 0 saturated carbocycles. The number of aliphatic carboxylic acids is 1. The minimum atomic E-state index is -0.838. The van der Waals surface area contributed by atoms with Gasteiger partial charge in [-0.1, -0.05) is 22.1 Å². The molecule has 0 saturated heterocycles. The molecule has 0 aromatic carbocycles. The van der Waals surface area contributed by atoms with Crippen molar-refractivity contribution in [2.75, 3.05) is 0 Å². The Balaban J connectivity index is 2.02. The first-order valence-electron chi connectivity index (χ1n) is 5.15. The van der Waals surface area contributed by atoms with Crippen molar-refractivity contribution < 1.29 is 14.5 Å². The second kappa shape index (κ2) is 5.49. The van der Waals surface area contributed by atoms with Crippen LogP contribution in [0.3, 0.4) is 0 Å². The molecule has 0 fully saturated rings. The molecule has 0 atom stereocenters. The van der Waals surface area contributed by atoms with Crippen LogP contribution in [0.25, 0.3) is 0 Å². The highest BCUT2D eigenvalue weighted by atomic mass is 32.2. The molecule has 8 heteroatoms. The van der Waals surface area contributed by atoms with Gasteiger partial charge in [-0.15, -0.1) is 11.3 Å². The van der Waals surface area contributed by atoms with E-state index in [-0.39, 0.29) is 6.42 Å². The van der Waals surface area contributed by atoms with E-state index in [2.05, 4.69) is 19.9 Å². The highest BCUT2D eigenvalue weighted by molar-refractivity contribution is 8.00. The summed E-state index contributed by atoms with van der Waals surface area (Å²) in [6, 6.07) is 0. The summed E-state index contributed by atoms with van der Waals surface area (Å²) >= 11 is 2.91. The maximum absolute atomic E-state index is 10.7. The van der Waals surface area contributed by atoms with E-state index in [0.717, 1.165) is 26.3 Å². The van der Waals surface area contributed by atoms with Crippen LogP contribution in [0.5, 0.6) is 0 Å². The molecule has 0 spiro atoms. The molecular formula is C10H11N3O3S2. The van der Waals surface area contributed by atoms with Gasteiger partial charge in [0.05, 0.1) is 12.1 Å². The number of carbonyl (C=O) groups is 1. The molecule has 0 bridgehead atoms. The van der Waals surface area contributed by atoms with E-state index in [1.54, 1.807) is 0 Å². The lowest BCUT2D eigenvalue weighted by Crippen LogP contribution is -1.99. The van der Waals surface area contributed by atoms with Crippen molar-refractivity contribution in [2.24, 2.45) is 0 Å². The van der Waals surface area contributed by atoms with Crippen LogP contribution in [0.2, 0.25) is 0 Å². The molecule has 0 aliphatic carbocycles. The van der Waals surface area contributed by atoms with Gasteiger partial charge in [-0.25, -0.2) is 9.61 Å². The number of aromatic nitrogens is 3. The zero-order chi connectivity index (χ0) is 13.1. The minimum Gasteiger partial charge on any atom is -0.481 e. The van der Waals surface area contributed by atoms with Crippen molar-refractivity contribution in [3.05, 3.63) is 22.0 Å². The molecule has 2 aromatic rings. The zero-order valence-electron chi connectivity index (χ0n) is 9.84. The Hall–Kier alpha value is -1.41. The number of rotatable bonds is 5. The van der Waals surface area contributed by atoms with Crippen molar-refractivity contribution in [3.8, 4) is 0 Å². The van der Waals surface area contributed by atoms with Gasteiger partial charge in [0.25, 0.3) is 0 Å². The Morgan fingerprint density at radius 3 is 2.78 bits per heavy atom. The molecule has 0 aliphatic rings. The predicted octanol–water partition coefficient (Wildman–Crippen LogP) is 2.06. The van der Waals surface area contributed by atoms with Crippen LogP contribution in [0.4, 0.5) is 0 Å². The van der Waals surface area contributed by atoms with E-state index < -0.39 is 5.97 Å². The first kappa shape index (κ1) is 13.0. The first-order valence-corrected chi connectivity index (χ1v) is 6.95. The van der Waals surface area contributed by atoms with Crippen LogP contribution >= 0.6 is 23.1 Å². The number of nitrogens with zero attached hydrogens (tertiary/aromatic N) is 3. The second-order valence-corrected chi connectivity index (χ2v) is 5.95. The fraction of sp³-hybridized carbons (Fsp3) is 0.400. The van der Waals surface area contributed by atoms with Crippen LogP contribution in [-0.2, 0) is 17.0 Å². The van der Waals surface area contributed by atoms with Gasteiger partial charge in [-0.05, 0) is 13.8 Å². The van der Waals surface area contributed by atoms with Crippen LogP contribution in [0.1, 0.15) is 22.0 Å². The number of carboxylic acids is 1. The lowest BCUT2D eigenvalue weighted by atomic mass is 10.3. The maximum Gasteiger partial charge on any atom is 0.308 e. The Morgan fingerprint density at radius 2 is 2.17 bits per heavy atom. The highest BCUT2D eigenvalue weighted by Gasteiger charge is 2.13. The summed E-state index contributed by atoms with van der Waals surface area (Å²) < 4.78 is 5.45. The Morgan fingerprint density at radius 1 is 1.39 bits per heavy atom. The zero-order valence-corrected chi connectivity index (χ0v) is 11.5. The third-order valence-electron chi connectivity index (χ3n) is 2.26. The summed E-state index contributed by atoms with van der Waals surface area (Å²) in [5, 5.41) is 16.2. The summed E-state index contributed by atoms with van der Waals surface area (Å²) in [6.07, 6.45) is 0.0224. The summed E-state index contributed by atoms with van der Waals surface area (Å²) in [5.74, 6) is -0.218. The third-order valence-corrected chi connectivity index (χ3v) is 4.58. The van der Waals surface area contributed by atoms with Gasteiger partial charge in [0.15, 0.2) is 4.34 Å². The molecule has 18 heavy (non-hydrogen) atoms. The maximum atomic E-state index is 10.7. The van der Waals surface area contributed by atoms with Gasteiger partial charge >= 0.3 is 5.97 Å². The molecule has 0 amide bonds. The number of aryl methyl sites for hydroxylation is 2. The summed E-state index contributed by atoms with van der Waals surface area (Å²) in [4.78, 5) is 15.8. The minimum absolute atomic E-state index is 0.0224. The standard InChI is InChI=1S/C10H11N3O3S2/c1-5-7(13-16-12-5)4-17-10-11-6(2)8(18-10)3-9(14)15/h3-4H2,1-2H3,(H,14,15). The van der Waals surface area contributed by atoms with Crippen molar-refractivity contribution in [1.82, 2.24) is 15.3 Å².